The highest BCUT2D eigenvalue weighted by atomic mass is 32.2. The SMILES string of the molecule is CC[C@@H](NC(=O)c1cc(S(=O)(=O)N2CCOCC2)ccc1C)c1ccccc1. The van der Waals surface area contributed by atoms with E-state index in [0.29, 0.717) is 31.9 Å². The molecular weight excluding hydrogens is 376 g/mol. The molecule has 6 nitrogen and oxygen atoms in total. The zero-order valence-corrected chi connectivity index (χ0v) is 17.0. The van der Waals surface area contributed by atoms with Gasteiger partial charge in [-0.2, -0.15) is 4.31 Å². The monoisotopic (exact) mass is 402 g/mol. The Balaban J connectivity index is 1.85. The minimum atomic E-state index is -3.65. The maximum absolute atomic E-state index is 12.9. The quantitative estimate of drug-likeness (QED) is 0.806. The van der Waals surface area contributed by atoms with Crippen molar-refractivity contribution in [2.45, 2.75) is 31.2 Å². The van der Waals surface area contributed by atoms with Gasteiger partial charge in [-0.25, -0.2) is 8.42 Å². The van der Waals surface area contributed by atoms with E-state index in [1.807, 2.05) is 44.2 Å². The van der Waals surface area contributed by atoms with Gasteiger partial charge < -0.3 is 10.1 Å². The Labute approximate surface area is 166 Å². The van der Waals surface area contributed by atoms with Gasteiger partial charge in [-0.3, -0.25) is 4.79 Å². The van der Waals surface area contributed by atoms with Gasteiger partial charge in [-0.15, -0.1) is 0 Å². The van der Waals surface area contributed by atoms with E-state index in [-0.39, 0.29) is 16.8 Å². The van der Waals surface area contributed by atoms with Gasteiger partial charge in [-0.05, 0) is 36.6 Å². The van der Waals surface area contributed by atoms with Gasteiger partial charge in [0.2, 0.25) is 10.0 Å². The largest absolute Gasteiger partial charge is 0.379 e. The number of nitrogens with one attached hydrogen (secondary N) is 1. The van der Waals surface area contributed by atoms with Crippen molar-refractivity contribution in [3.8, 4) is 0 Å². The van der Waals surface area contributed by atoms with Gasteiger partial charge in [0, 0.05) is 18.7 Å². The maximum atomic E-state index is 12.9. The van der Waals surface area contributed by atoms with E-state index in [1.165, 1.54) is 10.4 Å². The number of benzene rings is 2. The highest BCUT2D eigenvalue weighted by Gasteiger charge is 2.27. The van der Waals surface area contributed by atoms with Crippen molar-refractivity contribution in [1.29, 1.82) is 0 Å². The first-order chi connectivity index (χ1) is 13.4. The molecule has 0 unspecified atom stereocenters. The van der Waals surface area contributed by atoms with Gasteiger partial charge in [-0.1, -0.05) is 43.3 Å². The Morgan fingerprint density at radius 3 is 2.46 bits per heavy atom. The Hall–Kier alpha value is -2.22. The molecule has 1 aliphatic heterocycles. The summed E-state index contributed by atoms with van der Waals surface area (Å²) in [5, 5.41) is 3.03. The molecule has 28 heavy (non-hydrogen) atoms. The summed E-state index contributed by atoms with van der Waals surface area (Å²) in [4.78, 5) is 13.1. The number of ether oxygens (including phenoxy) is 1. The summed E-state index contributed by atoms with van der Waals surface area (Å²) in [6.07, 6.45) is 0.737. The Morgan fingerprint density at radius 1 is 1.14 bits per heavy atom. The molecular formula is C21H26N2O4S. The first-order valence-electron chi connectivity index (χ1n) is 9.48. The normalized spacial score (nSPS) is 16.5. The molecule has 7 heteroatoms. The third-order valence-electron chi connectivity index (χ3n) is 4.98. The second-order valence-electron chi connectivity index (χ2n) is 6.84. The summed E-state index contributed by atoms with van der Waals surface area (Å²) in [6.45, 7) is 5.22. The van der Waals surface area contributed by atoms with E-state index in [9.17, 15) is 13.2 Å². The standard InChI is InChI=1S/C21H26N2O4S/c1-3-20(17-7-5-4-6-8-17)22-21(24)19-15-18(10-9-16(19)2)28(25,26)23-11-13-27-14-12-23/h4-10,15,20H,3,11-14H2,1-2H3,(H,22,24)/t20-/m1/s1. The van der Waals surface area contributed by atoms with Crippen LogP contribution in [0.5, 0.6) is 0 Å². The lowest BCUT2D eigenvalue weighted by atomic mass is 10.0. The van der Waals surface area contributed by atoms with E-state index < -0.39 is 10.0 Å². The molecule has 0 bridgehead atoms. The van der Waals surface area contributed by atoms with Crippen LogP contribution in [0.1, 0.15) is 40.9 Å². The van der Waals surface area contributed by atoms with E-state index in [0.717, 1.165) is 17.5 Å². The maximum Gasteiger partial charge on any atom is 0.252 e. The van der Waals surface area contributed by atoms with E-state index in [2.05, 4.69) is 5.32 Å². The fourth-order valence-electron chi connectivity index (χ4n) is 3.28. The number of hydrogen-bond acceptors (Lipinski definition) is 4. The van der Waals surface area contributed by atoms with Crippen LogP contribution in [0.2, 0.25) is 0 Å². The fraction of sp³-hybridized carbons (Fsp3) is 0.381. The molecule has 0 radical (unpaired) electrons. The lowest BCUT2D eigenvalue weighted by molar-refractivity contribution is 0.0730. The van der Waals surface area contributed by atoms with Crippen LogP contribution in [0.3, 0.4) is 0 Å². The van der Waals surface area contributed by atoms with Crippen molar-refractivity contribution in [1.82, 2.24) is 9.62 Å². The number of hydrogen-bond donors (Lipinski definition) is 1. The number of carbonyl (C=O) groups is 1. The zero-order chi connectivity index (χ0) is 20.1. The Kier molecular flexibility index (Phi) is 6.49. The minimum absolute atomic E-state index is 0.132. The lowest BCUT2D eigenvalue weighted by Crippen LogP contribution is -2.40. The molecule has 1 amide bonds. The molecule has 1 heterocycles. The van der Waals surface area contributed by atoms with Crippen LogP contribution in [-0.4, -0.2) is 44.9 Å². The van der Waals surface area contributed by atoms with Crippen LogP contribution >= 0.6 is 0 Å². The van der Waals surface area contributed by atoms with Gasteiger partial charge in [0.1, 0.15) is 0 Å². The van der Waals surface area contributed by atoms with Crippen molar-refractivity contribution in [3.05, 3.63) is 65.2 Å². The number of rotatable bonds is 6. The van der Waals surface area contributed by atoms with Gasteiger partial charge in [0.25, 0.3) is 5.91 Å². The smallest absolute Gasteiger partial charge is 0.252 e. The van der Waals surface area contributed by atoms with Crippen molar-refractivity contribution in [2.24, 2.45) is 0 Å². The number of aryl methyl sites for hydroxylation is 1. The van der Waals surface area contributed by atoms with Crippen LogP contribution in [0.15, 0.2) is 53.4 Å². The highest BCUT2D eigenvalue weighted by molar-refractivity contribution is 7.89. The van der Waals surface area contributed by atoms with E-state index in [1.54, 1.807) is 12.1 Å². The van der Waals surface area contributed by atoms with Crippen LogP contribution in [0.25, 0.3) is 0 Å². The number of carbonyl (C=O) groups excluding carboxylic acids is 1. The number of nitrogens with zero attached hydrogens (tertiary/aromatic N) is 1. The van der Waals surface area contributed by atoms with Crippen LogP contribution in [0.4, 0.5) is 0 Å². The molecule has 1 atom stereocenters. The van der Waals surface area contributed by atoms with E-state index >= 15 is 0 Å². The van der Waals surface area contributed by atoms with Crippen LogP contribution < -0.4 is 5.32 Å². The lowest BCUT2D eigenvalue weighted by Gasteiger charge is -2.26. The first-order valence-corrected chi connectivity index (χ1v) is 10.9. The highest BCUT2D eigenvalue weighted by Crippen LogP contribution is 2.22. The van der Waals surface area contributed by atoms with Gasteiger partial charge >= 0.3 is 0 Å². The predicted molar refractivity (Wildman–Crippen MR) is 108 cm³/mol. The molecule has 2 aromatic rings. The average molecular weight is 403 g/mol. The average Bonchev–Trinajstić information content (AvgIpc) is 2.73. The third kappa shape index (κ3) is 4.43. The number of sulfonamides is 1. The molecule has 0 aromatic heterocycles. The molecule has 1 saturated heterocycles. The molecule has 2 aromatic carbocycles. The summed E-state index contributed by atoms with van der Waals surface area (Å²) < 4.78 is 32.5. The fourth-order valence-corrected chi connectivity index (χ4v) is 4.72. The molecule has 0 aliphatic carbocycles. The van der Waals surface area contributed by atoms with Crippen molar-refractivity contribution in [2.75, 3.05) is 26.3 Å². The van der Waals surface area contributed by atoms with Crippen molar-refractivity contribution in [3.63, 3.8) is 0 Å². The summed E-state index contributed by atoms with van der Waals surface area (Å²) in [5.74, 6) is -0.271. The Morgan fingerprint density at radius 2 is 1.82 bits per heavy atom. The molecule has 3 rings (SSSR count). The van der Waals surface area contributed by atoms with Crippen molar-refractivity contribution >= 4 is 15.9 Å². The third-order valence-corrected chi connectivity index (χ3v) is 6.87. The second-order valence-corrected chi connectivity index (χ2v) is 8.78. The first kappa shape index (κ1) is 20.5. The second kappa shape index (κ2) is 8.86. The molecule has 1 N–H and O–H groups in total. The molecule has 0 saturated carbocycles. The summed E-state index contributed by atoms with van der Waals surface area (Å²) in [6, 6.07) is 14.3. The predicted octanol–water partition coefficient (Wildman–Crippen LogP) is 2.90. The molecule has 150 valence electrons. The number of morpholine rings is 1. The topological polar surface area (TPSA) is 75.7 Å². The minimum Gasteiger partial charge on any atom is -0.379 e. The molecule has 0 spiro atoms. The van der Waals surface area contributed by atoms with Crippen LogP contribution in [-0.2, 0) is 14.8 Å². The zero-order valence-electron chi connectivity index (χ0n) is 16.2. The molecule has 1 aliphatic rings. The van der Waals surface area contributed by atoms with Gasteiger partial charge in [0.15, 0.2) is 0 Å². The summed E-state index contributed by atoms with van der Waals surface area (Å²) in [7, 11) is -3.65. The van der Waals surface area contributed by atoms with Crippen molar-refractivity contribution < 1.29 is 17.9 Å². The van der Waals surface area contributed by atoms with Crippen LogP contribution in [0, 0.1) is 6.92 Å². The molecule has 1 fully saturated rings. The summed E-state index contributed by atoms with van der Waals surface area (Å²) >= 11 is 0. The number of amides is 1. The Bertz CT molecular complexity index is 923. The van der Waals surface area contributed by atoms with Gasteiger partial charge in [0.05, 0.1) is 24.2 Å². The van der Waals surface area contributed by atoms with E-state index in [4.69, 9.17) is 4.74 Å². The summed E-state index contributed by atoms with van der Waals surface area (Å²) in [5.41, 5.74) is 2.14.